The molecule has 132 valence electrons. The fourth-order valence-corrected chi connectivity index (χ4v) is 3.99. The van der Waals surface area contributed by atoms with Gasteiger partial charge in [0.15, 0.2) is 0 Å². The Hall–Kier alpha value is -2.21. The number of aryl methyl sites for hydroxylation is 1. The number of hydrogen-bond donors (Lipinski definition) is 1. The second-order valence-corrected chi connectivity index (χ2v) is 7.13. The lowest BCUT2D eigenvalue weighted by atomic mass is 10.1. The van der Waals surface area contributed by atoms with E-state index in [0.29, 0.717) is 42.4 Å². The number of nitrogens with one attached hydrogen (secondary N) is 1. The van der Waals surface area contributed by atoms with Gasteiger partial charge in [-0.2, -0.15) is 0 Å². The van der Waals surface area contributed by atoms with E-state index < -0.39 is 0 Å². The molecule has 0 aliphatic carbocycles. The van der Waals surface area contributed by atoms with Crippen LogP contribution in [0.2, 0.25) is 0 Å². The van der Waals surface area contributed by atoms with Gasteiger partial charge in [0.2, 0.25) is 5.91 Å². The minimum absolute atomic E-state index is 0.0330. The summed E-state index contributed by atoms with van der Waals surface area (Å²) in [5, 5.41) is 4.23. The van der Waals surface area contributed by atoms with Crippen LogP contribution >= 0.6 is 0 Å². The molecule has 1 N–H and O–H groups in total. The predicted octanol–water partition coefficient (Wildman–Crippen LogP) is 1.53. The molecule has 2 bridgehead atoms. The molecule has 1 aromatic carbocycles. The Balaban J connectivity index is 1.35. The number of benzene rings is 1. The Morgan fingerprint density at radius 2 is 2.04 bits per heavy atom. The Bertz CT molecular complexity index is 832. The topological polar surface area (TPSA) is 67.2 Å². The Morgan fingerprint density at radius 1 is 1.20 bits per heavy atom. The van der Waals surface area contributed by atoms with E-state index in [1.807, 2.05) is 23.1 Å². The van der Waals surface area contributed by atoms with Crippen molar-refractivity contribution in [3.63, 3.8) is 0 Å². The number of likely N-dealkylation sites (tertiary alicyclic amines) is 1. The van der Waals surface area contributed by atoms with Crippen LogP contribution in [-0.2, 0) is 11.3 Å². The highest BCUT2D eigenvalue weighted by atomic mass is 16.2. The summed E-state index contributed by atoms with van der Waals surface area (Å²) in [6, 6.07) is 8.41. The Kier molecular flexibility index (Phi) is 4.53. The molecule has 0 spiro atoms. The van der Waals surface area contributed by atoms with Crippen LogP contribution in [0.3, 0.4) is 0 Å². The monoisotopic (exact) mass is 340 g/mol. The average molecular weight is 340 g/mol. The van der Waals surface area contributed by atoms with Crippen molar-refractivity contribution in [2.75, 3.05) is 13.1 Å². The molecular formula is C19H24N4O2. The summed E-state index contributed by atoms with van der Waals surface area (Å²) in [6.07, 6.45) is 6.20. The zero-order chi connectivity index (χ0) is 17.2. The minimum Gasteiger partial charge on any atom is -0.341 e. The van der Waals surface area contributed by atoms with Gasteiger partial charge >= 0.3 is 0 Å². The quantitative estimate of drug-likeness (QED) is 0.917. The molecule has 25 heavy (non-hydrogen) atoms. The molecule has 3 heterocycles. The molecule has 1 aromatic heterocycles. The van der Waals surface area contributed by atoms with Gasteiger partial charge < -0.3 is 10.2 Å². The number of hydrogen-bond acceptors (Lipinski definition) is 4. The highest BCUT2D eigenvalue weighted by Gasteiger charge is 2.30. The third-order valence-electron chi connectivity index (χ3n) is 5.40. The van der Waals surface area contributed by atoms with E-state index >= 15 is 0 Å². The summed E-state index contributed by atoms with van der Waals surface area (Å²) in [7, 11) is 0. The first-order valence-corrected chi connectivity index (χ1v) is 9.19. The van der Waals surface area contributed by atoms with Crippen molar-refractivity contribution in [3.05, 3.63) is 40.9 Å². The lowest BCUT2D eigenvalue weighted by Gasteiger charge is -2.24. The second-order valence-electron chi connectivity index (χ2n) is 7.13. The van der Waals surface area contributed by atoms with Crippen LogP contribution < -0.4 is 10.9 Å². The number of para-hydroxylation sites is 1. The molecule has 2 atom stereocenters. The van der Waals surface area contributed by atoms with E-state index in [4.69, 9.17) is 0 Å². The Labute approximate surface area is 146 Å². The maximum atomic E-state index is 12.5. The van der Waals surface area contributed by atoms with Crippen LogP contribution in [0.15, 0.2) is 35.4 Å². The molecule has 2 aliphatic heterocycles. The van der Waals surface area contributed by atoms with Crippen molar-refractivity contribution < 1.29 is 4.79 Å². The molecule has 1 amide bonds. The van der Waals surface area contributed by atoms with E-state index in [2.05, 4.69) is 10.3 Å². The molecule has 2 saturated heterocycles. The first-order chi connectivity index (χ1) is 12.2. The molecule has 4 rings (SSSR count). The molecular weight excluding hydrogens is 316 g/mol. The van der Waals surface area contributed by atoms with Crippen molar-refractivity contribution >= 4 is 16.8 Å². The molecule has 2 aromatic rings. The van der Waals surface area contributed by atoms with Crippen molar-refractivity contribution in [1.82, 2.24) is 19.8 Å². The number of carbonyl (C=O) groups excluding carboxylic acids is 1. The van der Waals surface area contributed by atoms with Crippen molar-refractivity contribution in [3.8, 4) is 0 Å². The maximum absolute atomic E-state index is 12.5. The molecule has 0 unspecified atom stereocenters. The highest BCUT2D eigenvalue weighted by Crippen LogP contribution is 2.21. The third-order valence-corrected chi connectivity index (χ3v) is 5.40. The van der Waals surface area contributed by atoms with Gasteiger partial charge in [0.25, 0.3) is 5.56 Å². The van der Waals surface area contributed by atoms with E-state index in [1.54, 1.807) is 17.0 Å². The van der Waals surface area contributed by atoms with Crippen LogP contribution in [0.5, 0.6) is 0 Å². The van der Waals surface area contributed by atoms with Crippen LogP contribution in [0.4, 0.5) is 0 Å². The first kappa shape index (κ1) is 16.3. The molecule has 2 aliphatic rings. The molecule has 2 fully saturated rings. The van der Waals surface area contributed by atoms with Gasteiger partial charge in [-0.1, -0.05) is 12.1 Å². The minimum atomic E-state index is -0.0330. The smallest absolute Gasteiger partial charge is 0.261 e. The summed E-state index contributed by atoms with van der Waals surface area (Å²) < 4.78 is 1.61. The lowest BCUT2D eigenvalue weighted by Crippen LogP contribution is -2.39. The molecule has 6 heteroatoms. The van der Waals surface area contributed by atoms with Crippen molar-refractivity contribution in [2.45, 2.75) is 50.7 Å². The summed E-state index contributed by atoms with van der Waals surface area (Å²) in [4.78, 5) is 31.3. The zero-order valence-electron chi connectivity index (χ0n) is 14.4. The third kappa shape index (κ3) is 3.44. The van der Waals surface area contributed by atoms with Gasteiger partial charge in [-0.3, -0.25) is 14.2 Å². The summed E-state index contributed by atoms with van der Waals surface area (Å²) >= 11 is 0. The van der Waals surface area contributed by atoms with Crippen LogP contribution in [0.1, 0.15) is 32.1 Å². The lowest BCUT2D eigenvalue weighted by molar-refractivity contribution is -0.131. The fraction of sp³-hybridized carbons (Fsp3) is 0.526. The number of aromatic nitrogens is 2. The van der Waals surface area contributed by atoms with Gasteiger partial charge in [-0.25, -0.2) is 4.98 Å². The summed E-state index contributed by atoms with van der Waals surface area (Å²) in [5.41, 5.74) is 0.682. The molecule has 0 saturated carbocycles. The first-order valence-electron chi connectivity index (χ1n) is 9.19. The van der Waals surface area contributed by atoms with Gasteiger partial charge in [0, 0.05) is 38.1 Å². The second kappa shape index (κ2) is 6.96. The van der Waals surface area contributed by atoms with Crippen LogP contribution in [0, 0.1) is 0 Å². The maximum Gasteiger partial charge on any atom is 0.261 e. The zero-order valence-corrected chi connectivity index (χ0v) is 14.4. The van der Waals surface area contributed by atoms with Crippen LogP contribution in [0.25, 0.3) is 10.9 Å². The number of amides is 1. The fourth-order valence-electron chi connectivity index (χ4n) is 3.99. The average Bonchev–Trinajstić information content (AvgIpc) is 2.96. The number of rotatable bonds is 4. The van der Waals surface area contributed by atoms with E-state index in [1.165, 1.54) is 12.8 Å². The number of carbonyl (C=O) groups is 1. The number of nitrogens with zero attached hydrogens (tertiary/aromatic N) is 3. The van der Waals surface area contributed by atoms with Crippen LogP contribution in [-0.4, -0.2) is 45.5 Å². The SMILES string of the molecule is O=C(CCCn1cnc2ccccc2c1=O)N1CC[C@H]2CC[C@@H](C1)N2. The highest BCUT2D eigenvalue weighted by molar-refractivity contribution is 5.77. The van der Waals surface area contributed by atoms with E-state index in [9.17, 15) is 9.59 Å². The van der Waals surface area contributed by atoms with Gasteiger partial charge in [-0.15, -0.1) is 0 Å². The summed E-state index contributed by atoms with van der Waals surface area (Å²) in [6.45, 7) is 2.21. The Morgan fingerprint density at radius 3 is 2.96 bits per heavy atom. The van der Waals surface area contributed by atoms with Gasteiger partial charge in [0.1, 0.15) is 0 Å². The van der Waals surface area contributed by atoms with E-state index in [0.717, 1.165) is 19.5 Å². The standard InChI is InChI=1S/C19H24N4O2/c24-18(22-11-9-14-7-8-15(12-22)21-14)6-3-10-23-13-20-17-5-2-1-4-16(17)19(23)25/h1-2,4-5,13-15,21H,3,6-12H2/t14-,15+/m1/s1. The summed E-state index contributed by atoms with van der Waals surface area (Å²) in [5.74, 6) is 0.205. The molecule has 0 radical (unpaired) electrons. The van der Waals surface area contributed by atoms with Gasteiger partial charge in [-0.05, 0) is 37.8 Å². The predicted molar refractivity (Wildman–Crippen MR) is 96.4 cm³/mol. The van der Waals surface area contributed by atoms with Gasteiger partial charge in [0.05, 0.1) is 17.2 Å². The molecule has 6 nitrogen and oxygen atoms in total. The van der Waals surface area contributed by atoms with Crippen molar-refractivity contribution in [2.24, 2.45) is 0 Å². The van der Waals surface area contributed by atoms with E-state index in [-0.39, 0.29) is 11.5 Å². The van der Waals surface area contributed by atoms with Crippen molar-refractivity contribution in [1.29, 1.82) is 0 Å². The normalized spacial score (nSPS) is 23.0. The number of fused-ring (bicyclic) bond motifs is 3. The largest absolute Gasteiger partial charge is 0.341 e.